The molecule has 0 bridgehead atoms. The summed E-state index contributed by atoms with van der Waals surface area (Å²) < 4.78 is 5.85. The van der Waals surface area contributed by atoms with Crippen LogP contribution in [0.5, 0.6) is 0 Å². The molecule has 88 valence electrons. The minimum Gasteiger partial charge on any atom is -0.360 e. The van der Waals surface area contributed by atoms with Crippen molar-refractivity contribution in [2.24, 2.45) is 0 Å². The third-order valence-corrected chi connectivity index (χ3v) is 3.18. The van der Waals surface area contributed by atoms with Crippen molar-refractivity contribution in [3.63, 3.8) is 0 Å². The maximum atomic E-state index is 11.9. The molecule has 17 heavy (non-hydrogen) atoms. The van der Waals surface area contributed by atoms with Crippen LogP contribution in [0.4, 0.5) is 5.82 Å². The Bertz CT molecular complexity index is 563. The molecule has 0 aliphatic carbocycles. The van der Waals surface area contributed by atoms with Gasteiger partial charge in [-0.25, -0.2) is 0 Å². The maximum Gasteiger partial charge on any atom is 0.256 e. The number of carbonyl (C=O) groups is 1. The van der Waals surface area contributed by atoms with E-state index in [0.29, 0.717) is 17.1 Å². The molecule has 1 N–H and O–H groups in total. The minimum atomic E-state index is -0.200. The van der Waals surface area contributed by atoms with Crippen molar-refractivity contribution in [1.29, 1.82) is 0 Å². The normalized spacial score (nSPS) is 10.3. The lowest BCUT2D eigenvalue weighted by atomic mass is 10.1. The number of aromatic nitrogens is 1. The van der Waals surface area contributed by atoms with E-state index in [0.717, 1.165) is 10.0 Å². The molecular formula is C12H11BrN2O2. The second kappa shape index (κ2) is 4.71. The van der Waals surface area contributed by atoms with Crippen LogP contribution in [0.3, 0.4) is 0 Å². The van der Waals surface area contributed by atoms with Crippen molar-refractivity contribution in [1.82, 2.24) is 5.16 Å². The number of halogens is 1. The topological polar surface area (TPSA) is 55.1 Å². The van der Waals surface area contributed by atoms with Crippen molar-refractivity contribution in [3.8, 4) is 0 Å². The van der Waals surface area contributed by atoms with Crippen molar-refractivity contribution in [3.05, 3.63) is 45.6 Å². The van der Waals surface area contributed by atoms with E-state index >= 15 is 0 Å². The predicted octanol–water partition coefficient (Wildman–Crippen LogP) is 3.31. The molecule has 0 atom stereocenters. The number of nitrogens with one attached hydrogen (secondary N) is 1. The van der Waals surface area contributed by atoms with E-state index < -0.39 is 0 Å². The Morgan fingerprint density at radius 2 is 2.12 bits per heavy atom. The van der Waals surface area contributed by atoms with Gasteiger partial charge in [0.15, 0.2) is 5.82 Å². The lowest BCUT2D eigenvalue weighted by molar-refractivity contribution is 0.102. The molecule has 2 aromatic rings. The van der Waals surface area contributed by atoms with E-state index in [1.807, 2.05) is 19.1 Å². The summed E-state index contributed by atoms with van der Waals surface area (Å²) in [5.74, 6) is 0.884. The molecule has 1 aromatic heterocycles. The van der Waals surface area contributed by atoms with Gasteiger partial charge < -0.3 is 9.84 Å². The van der Waals surface area contributed by atoms with E-state index in [1.165, 1.54) is 0 Å². The molecule has 1 heterocycles. The van der Waals surface area contributed by atoms with Crippen LogP contribution in [0.25, 0.3) is 0 Å². The second-order valence-electron chi connectivity index (χ2n) is 3.74. The number of aryl methyl sites for hydroxylation is 2. The molecule has 0 aliphatic heterocycles. The summed E-state index contributed by atoms with van der Waals surface area (Å²) in [5, 5.41) is 6.37. The molecule has 0 aliphatic rings. The van der Waals surface area contributed by atoms with Crippen molar-refractivity contribution in [2.75, 3.05) is 5.32 Å². The summed E-state index contributed by atoms with van der Waals surface area (Å²) in [6.45, 7) is 3.70. The quantitative estimate of drug-likeness (QED) is 0.924. The van der Waals surface area contributed by atoms with Gasteiger partial charge in [0.25, 0.3) is 5.91 Å². The Balaban J connectivity index is 2.17. The zero-order valence-electron chi connectivity index (χ0n) is 9.45. The molecular weight excluding hydrogens is 284 g/mol. The van der Waals surface area contributed by atoms with Crippen LogP contribution in [0.15, 0.2) is 33.3 Å². The molecule has 0 fully saturated rings. The van der Waals surface area contributed by atoms with Gasteiger partial charge in [-0.2, -0.15) is 0 Å². The van der Waals surface area contributed by atoms with Gasteiger partial charge in [0.05, 0.1) is 0 Å². The standard InChI is InChI=1S/C12H11BrN2O2/c1-7-5-9(3-4-10(7)13)12(16)14-11-6-8(2)17-15-11/h3-6H,1-2H3,(H,14,15,16). The number of hydrogen-bond acceptors (Lipinski definition) is 3. The summed E-state index contributed by atoms with van der Waals surface area (Å²) >= 11 is 3.39. The number of hydrogen-bond donors (Lipinski definition) is 1. The number of rotatable bonds is 2. The Morgan fingerprint density at radius 1 is 1.35 bits per heavy atom. The van der Waals surface area contributed by atoms with E-state index in [4.69, 9.17) is 4.52 Å². The first-order valence-corrected chi connectivity index (χ1v) is 5.86. The lowest BCUT2D eigenvalue weighted by Gasteiger charge is -2.03. The fraction of sp³-hybridized carbons (Fsp3) is 0.167. The summed E-state index contributed by atoms with van der Waals surface area (Å²) in [5.41, 5.74) is 1.60. The van der Waals surface area contributed by atoms with E-state index in [9.17, 15) is 4.79 Å². The zero-order chi connectivity index (χ0) is 12.4. The molecule has 5 heteroatoms. The fourth-order valence-electron chi connectivity index (χ4n) is 1.40. The Morgan fingerprint density at radius 3 is 2.71 bits per heavy atom. The smallest absolute Gasteiger partial charge is 0.256 e. The van der Waals surface area contributed by atoms with Gasteiger partial charge in [0, 0.05) is 16.1 Å². The highest BCUT2D eigenvalue weighted by molar-refractivity contribution is 9.10. The maximum absolute atomic E-state index is 11.9. The summed E-state index contributed by atoms with van der Waals surface area (Å²) in [6.07, 6.45) is 0. The van der Waals surface area contributed by atoms with Crippen LogP contribution in [-0.2, 0) is 0 Å². The Hall–Kier alpha value is -1.62. The first-order valence-electron chi connectivity index (χ1n) is 5.07. The van der Waals surface area contributed by atoms with Gasteiger partial charge in [0.1, 0.15) is 5.76 Å². The molecule has 0 saturated heterocycles. The monoisotopic (exact) mass is 294 g/mol. The molecule has 1 aromatic carbocycles. The van der Waals surface area contributed by atoms with Gasteiger partial charge in [-0.15, -0.1) is 0 Å². The number of carbonyl (C=O) groups excluding carboxylic acids is 1. The van der Waals surface area contributed by atoms with Crippen LogP contribution in [0, 0.1) is 13.8 Å². The van der Waals surface area contributed by atoms with Crippen molar-refractivity contribution < 1.29 is 9.32 Å². The minimum absolute atomic E-state index is 0.200. The number of amides is 1. The van der Waals surface area contributed by atoms with Crippen molar-refractivity contribution >= 4 is 27.7 Å². The van der Waals surface area contributed by atoms with E-state index in [1.54, 1.807) is 19.1 Å². The van der Waals surface area contributed by atoms with Gasteiger partial charge in [-0.1, -0.05) is 21.1 Å². The summed E-state index contributed by atoms with van der Waals surface area (Å²) in [6, 6.07) is 7.08. The number of benzene rings is 1. The van der Waals surface area contributed by atoms with E-state index in [-0.39, 0.29) is 5.91 Å². The third kappa shape index (κ3) is 2.74. The number of anilines is 1. The fourth-order valence-corrected chi connectivity index (χ4v) is 1.65. The second-order valence-corrected chi connectivity index (χ2v) is 4.60. The Labute approximate surface area is 107 Å². The summed E-state index contributed by atoms with van der Waals surface area (Å²) in [4.78, 5) is 11.9. The average Bonchev–Trinajstić information content (AvgIpc) is 2.68. The molecule has 4 nitrogen and oxygen atoms in total. The van der Waals surface area contributed by atoms with Gasteiger partial charge in [-0.3, -0.25) is 4.79 Å². The molecule has 2 rings (SSSR count). The highest BCUT2D eigenvalue weighted by Gasteiger charge is 2.09. The summed E-state index contributed by atoms with van der Waals surface area (Å²) in [7, 11) is 0. The SMILES string of the molecule is Cc1cc(NC(=O)c2ccc(Br)c(C)c2)no1. The highest BCUT2D eigenvalue weighted by Crippen LogP contribution is 2.18. The molecule has 1 amide bonds. The van der Waals surface area contributed by atoms with E-state index in [2.05, 4.69) is 26.4 Å². The zero-order valence-corrected chi connectivity index (χ0v) is 11.0. The molecule has 0 saturated carbocycles. The van der Waals surface area contributed by atoms with Crippen molar-refractivity contribution in [2.45, 2.75) is 13.8 Å². The Kier molecular flexibility index (Phi) is 3.28. The van der Waals surface area contributed by atoms with Gasteiger partial charge in [-0.05, 0) is 37.6 Å². The van der Waals surface area contributed by atoms with Gasteiger partial charge >= 0.3 is 0 Å². The predicted molar refractivity (Wildman–Crippen MR) is 68.1 cm³/mol. The molecule has 0 spiro atoms. The molecule has 0 unspecified atom stereocenters. The van der Waals surface area contributed by atoms with Crippen LogP contribution >= 0.6 is 15.9 Å². The molecule has 0 radical (unpaired) electrons. The highest BCUT2D eigenvalue weighted by atomic mass is 79.9. The number of nitrogens with zero attached hydrogens (tertiary/aromatic N) is 1. The van der Waals surface area contributed by atoms with Crippen LogP contribution in [0.2, 0.25) is 0 Å². The first kappa shape index (κ1) is 11.9. The lowest BCUT2D eigenvalue weighted by Crippen LogP contribution is -2.12. The van der Waals surface area contributed by atoms with Crippen LogP contribution in [0.1, 0.15) is 21.7 Å². The average molecular weight is 295 g/mol. The van der Waals surface area contributed by atoms with Gasteiger partial charge in [0.2, 0.25) is 0 Å². The first-order chi connectivity index (χ1) is 8.06. The third-order valence-electron chi connectivity index (χ3n) is 2.29. The largest absolute Gasteiger partial charge is 0.360 e. The van der Waals surface area contributed by atoms with Crippen LogP contribution in [-0.4, -0.2) is 11.1 Å². The van der Waals surface area contributed by atoms with Crippen LogP contribution < -0.4 is 5.32 Å².